The monoisotopic (exact) mass is 315 g/mol. The Kier molecular flexibility index (Phi) is 5.78. The van der Waals surface area contributed by atoms with E-state index in [2.05, 4.69) is 4.72 Å². The molecule has 0 bridgehead atoms. The number of benzene rings is 1. The minimum Gasteiger partial charge on any atom is -0.496 e. The Bertz CT molecular complexity index is 576. The molecule has 0 aliphatic carbocycles. The van der Waals surface area contributed by atoms with Gasteiger partial charge in [0.15, 0.2) is 0 Å². The molecule has 1 rings (SSSR count). The molecule has 0 spiro atoms. The van der Waals surface area contributed by atoms with E-state index < -0.39 is 16.1 Å². The second kappa shape index (κ2) is 6.77. The van der Waals surface area contributed by atoms with Crippen molar-refractivity contribution in [1.82, 2.24) is 4.72 Å². The maximum Gasteiger partial charge on any atom is 0.240 e. The molecule has 0 radical (unpaired) electrons. The van der Waals surface area contributed by atoms with Crippen LogP contribution in [-0.4, -0.2) is 33.3 Å². The van der Waals surface area contributed by atoms with E-state index in [9.17, 15) is 13.5 Å². The molecule has 21 heavy (non-hydrogen) atoms. The topological polar surface area (TPSA) is 75.6 Å². The van der Waals surface area contributed by atoms with Crippen LogP contribution in [0.5, 0.6) is 5.75 Å². The molecule has 6 heteroatoms. The summed E-state index contributed by atoms with van der Waals surface area (Å²) >= 11 is 0. The summed E-state index contributed by atoms with van der Waals surface area (Å²) in [5.74, 6) is 0.640. The number of rotatable bonds is 6. The molecule has 0 aliphatic heterocycles. The van der Waals surface area contributed by atoms with Crippen molar-refractivity contribution in [3.63, 3.8) is 0 Å². The second-order valence-corrected chi connectivity index (χ2v) is 8.17. The number of aliphatic hydroxyl groups is 1. The first kappa shape index (κ1) is 17.9. The van der Waals surface area contributed by atoms with Gasteiger partial charge in [-0.3, -0.25) is 0 Å². The summed E-state index contributed by atoms with van der Waals surface area (Å²) in [6.07, 6.45) is -0.184. The van der Waals surface area contributed by atoms with E-state index in [0.717, 1.165) is 5.56 Å². The van der Waals surface area contributed by atoms with Gasteiger partial charge in [-0.25, -0.2) is 13.1 Å². The maximum absolute atomic E-state index is 12.2. The Hall–Kier alpha value is -1.11. The number of hydrogen-bond acceptors (Lipinski definition) is 4. The van der Waals surface area contributed by atoms with E-state index in [1.807, 2.05) is 20.8 Å². The molecule has 1 unspecified atom stereocenters. The molecule has 2 N–H and O–H groups in total. The van der Waals surface area contributed by atoms with Crippen molar-refractivity contribution in [2.75, 3.05) is 13.7 Å². The van der Waals surface area contributed by atoms with Crippen LogP contribution in [0, 0.1) is 12.3 Å². The van der Waals surface area contributed by atoms with Crippen LogP contribution in [0.25, 0.3) is 0 Å². The molecule has 0 aromatic heterocycles. The Morgan fingerprint density at radius 3 is 2.43 bits per heavy atom. The van der Waals surface area contributed by atoms with Gasteiger partial charge in [0, 0.05) is 6.54 Å². The van der Waals surface area contributed by atoms with E-state index in [1.54, 1.807) is 19.1 Å². The SMILES string of the molecule is COc1ccc(S(=O)(=O)NCC(O)CC(C)(C)C)cc1C. The molecule has 0 aliphatic rings. The molecule has 0 saturated carbocycles. The van der Waals surface area contributed by atoms with Crippen molar-refractivity contribution in [2.45, 2.75) is 45.1 Å². The standard InChI is InChI=1S/C15H25NO4S/c1-11-8-13(6-7-14(11)20-5)21(18,19)16-10-12(17)9-15(2,3)4/h6-8,12,16-17H,9-10H2,1-5H3. The highest BCUT2D eigenvalue weighted by molar-refractivity contribution is 7.89. The van der Waals surface area contributed by atoms with Crippen LogP contribution >= 0.6 is 0 Å². The van der Waals surface area contributed by atoms with Gasteiger partial charge in [0.05, 0.1) is 18.1 Å². The third kappa shape index (κ3) is 5.65. The molecule has 120 valence electrons. The van der Waals surface area contributed by atoms with Crippen LogP contribution in [0.15, 0.2) is 23.1 Å². The highest BCUT2D eigenvalue weighted by Gasteiger charge is 2.20. The van der Waals surface area contributed by atoms with E-state index in [4.69, 9.17) is 4.74 Å². The van der Waals surface area contributed by atoms with E-state index in [0.29, 0.717) is 12.2 Å². The van der Waals surface area contributed by atoms with Crippen molar-refractivity contribution in [3.05, 3.63) is 23.8 Å². The zero-order valence-corrected chi connectivity index (χ0v) is 14.1. The number of nitrogens with one attached hydrogen (secondary N) is 1. The molecule has 1 atom stereocenters. The maximum atomic E-state index is 12.2. The lowest BCUT2D eigenvalue weighted by molar-refractivity contribution is 0.125. The summed E-state index contributed by atoms with van der Waals surface area (Å²) < 4.78 is 31.9. The molecular formula is C15H25NO4S. The summed E-state index contributed by atoms with van der Waals surface area (Å²) in [6, 6.07) is 4.66. The zero-order chi connectivity index (χ0) is 16.3. The van der Waals surface area contributed by atoms with Crippen LogP contribution < -0.4 is 9.46 Å². The quantitative estimate of drug-likeness (QED) is 0.843. The fourth-order valence-electron chi connectivity index (χ4n) is 2.09. The highest BCUT2D eigenvalue weighted by atomic mass is 32.2. The Balaban J connectivity index is 2.76. The van der Waals surface area contributed by atoms with Crippen molar-refractivity contribution >= 4 is 10.0 Å². The molecule has 0 heterocycles. The summed E-state index contributed by atoms with van der Waals surface area (Å²) in [6.45, 7) is 7.78. The Morgan fingerprint density at radius 1 is 1.33 bits per heavy atom. The van der Waals surface area contributed by atoms with Gasteiger partial charge in [-0.05, 0) is 42.5 Å². The lowest BCUT2D eigenvalue weighted by atomic mass is 9.89. The summed E-state index contributed by atoms with van der Waals surface area (Å²) in [5, 5.41) is 9.88. The van der Waals surface area contributed by atoms with Gasteiger partial charge in [-0.15, -0.1) is 0 Å². The van der Waals surface area contributed by atoms with E-state index >= 15 is 0 Å². The van der Waals surface area contributed by atoms with Crippen molar-refractivity contribution in [3.8, 4) is 5.75 Å². The molecule has 1 aromatic rings. The van der Waals surface area contributed by atoms with Gasteiger partial charge < -0.3 is 9.84 Å². The van der Waals surface area contributed by atoms with Gasteiger partial charge >= 0.3 is 0 Å². The largest absolute Gasteiger partial charge is 0.496 e. The molecule has 5 nitrogen and oxygen atoms in total. The minimum absolute atomic E-state index is 0.00464. The predicted molar refractivity (Wildman–Crippen MR) is 83.0 cm³/mol. The fourth-order valence-corrected chi connectivity index (χ4v) is 3.24. The molecular weight excluding hydrogens is 290 g/mol. The number of methoxy groups -OCH3 is 1. The van der Waals surface area contributed by atoms with Crippen LogP contribution in [0.3, 0.4) is 0 Å². The lowest BCUT2D eigenvalue weighted by Gasteiger charge is -2.22. The van der Waals surface area contributed by atoms with Crippen LogP contribution in [0.2, 0.25) is 0 Å². The molecule has 0 fully saturated rings. The zero-order valence-electron chi connectivity index (χ0n) is 13.3. The predicted octanol–water partition coefficient (Wildman–Crippen LogP) is 2.08. The van der Waals surface area contributed by atoms with Crippen LogP contribution in [-0.2, 0) is 10.0 Å². The lowest BCUT2D eigenvalue weighted by Crippen LogP contribution is -2.34. The normalized spacial score (nSPS) is 14.0. The van der Waals surface area contributed by atoms with Crippen molar-refractivity contribution < 1.29 is 18.3 Å². The fraction of sp³-hybridized carbons (Fsp3) is 0.600. The third-order valence-corrected chi connectivity index (χ3v) is 4.45. The van der Waals surface area contributed by atoms with Crippen LogP contribution in [0.4, 0.5) is 0 Å². The van der Waals surface area contributed by atoms with Gasteiger partial charge in [-0.1, -0.05) is 20.8 Å². The summed E-state index contributed by atoms with van der Waals surface area (Å²) in [5.41, 5.74) is 0.692. The van der Waals surface area contributed by atoms with Gasteiger partial charge in [0.25, 0.3) is 0 Å². The smallest absolute Gasteiger partial charge is 0.240 e. The van der Waals surface area contributed by atoms with Gasteiger partial charge in [-0.2, -0.15) is 0 Å². The minimum atomic E-state index is -3.62. The molecule has 1 aromatic carbocycles. The summed E-state index contributed by atoms with van der Waals surface area (Å²) in [4.78, 5) is 0.170. The average Bonchev–Trinajstić information content (AvgIpc) is 2.34. The Labute approximate surface area is 127 Å². The number of ether oxygens (including phenoxy) is 1. The van der Waals surface area contributed by atoms with Gasteiger partial charge in [0.2, 0.25) is 10.0 Å². The van der Waals surface area contributed by atoms with Crippen molar-refractivity contribution in [1.29, 1.82) is 0 Å². The second-order valence-electron chi connectivity index (χ2n) is 6.40. The first-order valence-electron chi connectivity index (χ1n) is 6.87. The number of aryl methyl sites for hydroxylation is 1. The van der Waals surface area contributed by atoms with Crippen molar-refractivity contribution in [2.24, 2.45) is 5.41 Å². The Morgan fingerprint density at radius 2 is 1.95 bits per heavy atom. The molecule has 0 saturated heterocycles. The van der Waals surface area contributed by atoms with E-state index in [-0.39, 0.29) is 16.9 Å². The number of hydrogen-bond donors (Lipinski definition) is 2. The first-order valence-corrected chi connectivity index (χ1v) is 8.36. The van der Waals surface area contributed by atoms with E-state index in [1.165, 1.54) is 13.2 Å². The van der Waals surface area contributed by atoms with Gasteiger partial charge in [0.1, 0.15) is 5.75 Å². The third-order valence-electron chi connectivity index (χ3n) is 3.03. The number of aliphatic hydroxyl groups excluding tert-OH is 1. The highest BCUT2D eigenvalue weighted by Crippen LogP contribution is 2.22. The number of sulfonamides is 1. The molecule has 0 amide bonds. The van der Waals surface area contributed by atoms with Crippen LogP contribution in [0.1, 0.15) is 32.8 Å². The average molecular weight is 315 g/mol. The first-order chi connectivity index (χ1) is 9.55. The summed E-state index contributed by atoms with van der Waals surface area (Å²) in [7, 11) is -2.08.